The minimum Gasteiger partial charge on any atom is -0.465 e. The van der Waals surface area contributed by atoms with Crippen LogP contribution in [0.3, 0.4) is 0 Å². The van der Waals surface area contributed by atoms with Crippen molar-refractivity contribution in [2.75, 3.05) is 11.5 Å². The Hall–Kier alpha value is -2.86. The summed E-state index contributed by atoms with van der Waals surface area (Å²) in [6.07, 6.45) is 1.75. The number of esters is 1. The fraction of sp³-hybridized carbons (Fsp3) is 0.190. The molecule has 0 aliphatic carbocycles. The zero-order valence-corrected chi connectivity index (χ0v) is 16.0. The molecule has 5 nitrogen and oxygen atoms in total. The number of thioether (sulfide) groups is 1. The Balaban J connectivity index is 1.94. The maximum absolute atomic E-state index is 13.0. The number of carbonyl (C=O) groups is 2. The van der Waals surface area contributed by atoms with Gasteiger partial charge in [-0.1, -0.05) is 60.3 Å². The second-order valence-corrected chi connectivity index (χ2v) is 7.13. The molecule has 3 rings (SSSR count). The van der Waals surface area contributed by atoms with E-state index < -0.39 is 5.25 Å². The highest BCUT2D eigenvalue weighted by Gasteiger charge is 2.34. The number of benzene rings is 2. The van der Waals surface area contributed by atoms with E-state index in [0.29, 0.717) is 23.2 Å². The molecule has 1 aliphatic heterocycles. The van der Waals surface area contributed by atoms with Gasteiger partial charge in [0.2, 0.25) is 0 Å². The number of hydrogen-bond acceptors (Lipinski definition) is 5. The van der Waals surface area contributed by atoms with E-state index in [-0.39, 0.29) is 11.9 Å². The summed E-state index contributed by atoms with van der Waals surface area (Å²) >= 11 is 1.22. The summed E-state index contributed by atoms with van der Waals surface area (Å²) in [7, 11) is 0. The van der Waals surface area contributed by atoms with Crippen LogP contribution in [0, 0.1) is 0 Å². The van der Waals surface area contributed by atoms with Gasteiger partial charge in [-0.05, 0) is 37.6 Å². The number of carbonyl (C=O) groups excluding carboxylic acids is 2. The molecule has 0 fully saturated rings. The monoisotopic (exact) mass is 380 g/mol. The Morgan fingerprint density at radius 2 is 1.78 bits per heavy atom. The lowest BCUT2D eigenvalue weighted by Gasteiger charge is -2.19. The molecule has 27 heavy (non-hydrogen) atoms. The van der Waals surface area contributed by atoms with Gasteiger partial charge in [-0.25, -0.2) is 4.99 Å². The fourth-order valence-corrected chi connectivity index (χ4v) is 3.48. The Morgan fingerprint density at radius 1 is 1.15 bits per heavy atom. The van der Waals surface area contributed by atoms with E-state index in [1.807, 2.05) is 60.7 Å². The van der Waals surface area contributed by atoms with Gasteiger partial charge in [0.05, 0.1) is 12.3 Å². The second-order valence-electron chi connectivity index (χ2n) is 5.82. The van der Waals surface area contributed by atoms with Crippen molar-refractivity contribution in [3.63, 3.8) is 0 Å². The van der Waals surface area contributed by atoms with Crippen molar-refractivity contribution < 1.29 is 14.3 Å². The molecule has 0 saturated carbocycles. The highest BCUT2D eigenvalue weighted by molar-refractivity contribution is 8.15. The van der Waals surface area contributed by atoms with Crippen LogP contribution in [-0.2, 0) is 14.3 Å². The number of aliphatic imine (C=N–C) groups is 1. The topological polar surface area (TPSA) is 59.0 Å². The third kappa shape index (κ3) is 4.46. The predicted octanol–water partition coefficient (Wildman–Crippen LogP) is 4.12. The largest absolute Gasteiger partial charge is 0.465 e. The van der Waals surface area contributed by atoms with Gasteiger partial charge < -0.3 is 4.74 Å². The zero-order chi connectivity index (χ0) is 19.2. The van der Waals surface area contributed by atoms with Crippen LogP contribution < -0.4 is 4.90 Å². The molecule has 1 atom stereocenters. The molecule has 0 spiro atoms. The van der Waals surface area contributed by atoms with Gasteiger partial charge >= 0.3 is 5.97 Å². The number of rotatable bonds is 5. The fourth-order valence-electron chi connectivity index (χ4n) is 2.55. The number of para-hydroxylation sites is 1. The Labute approximate surface area is 162 Å². The van der Waals surface area contributed by atoms with Crippen molar-refractivity contribution in [2.24, 2.45) is 4.99 Å². The first kappa shape index (κ1) is 18.9. The average molecular weight is 380 g/mol. The molecule has 6 heteroatoms. The first-order chi connectivity index (χ1) is 13.1. The third-order valence-electron chi connectivity index (χ3n) is 3.85. The lowest BCUT2D eigenvalue weighted by molar-refractivity contribution is -0.142. The number of amides is 1. The van der Waals surface area contributed by atoms with Crippen molar-refractivity contribution in [1.82, 2.24) is 0 Å². The van der Waals surface area contributed by atoms with E-state index in [4.69, 9.17) is 4.74 Å². The van der Waals surface area contributed by atoms with E-state index in [1.165, 1.54) is 16.7 Å². The summed E-state index contributed by atoms with van der Waals surface area (Å²) in [6, 6.07) is 18.8. The van der Waals surface area contributed by atoms with Crippen molar-refractivity contribution >= 4 is 40.6 Å². The predicted molar refractivity (Wildman–Crippen MR) is 109 cm³/mol. The lowest BCUT2D eigenvalue weighted by Crippen LogP contribution is -2.32. The molecular weight excluding hydrogens is 360 g/mol. The van der Waals surface area contributed by atoms with Crippen molar-refractivity contribution in [1.29, 1.82) is 0 Å². The van der Waals surface area contributed by atoms with Crippen LogP contribution in [0.25, 0.3) is 6.08 Å². The van der Waals surface area contributed by atoms with Crippen LogP contribution in [0.4, 0.5) is 5.69 Å². The molecule has 2 aromatic carbocycles. The van der Waals surface area contributed by atoms with E-state index in [1.54, 1.807) is 19.9 Å². The second kappa shape index (κ2) is 8.68. The van der Waals surface area contributed by atoms with Crippen LogP contribution in [0.1, 0.15) is 19.4 Å². The molecule has 0 N–H and O–H groups in total. The van der Waals surface area contributed by atoms with Crippen molar-refractivity contribution in [3.05, 3.63) is 71.9 Å². The van der Waals surface area contributed by atoms with Gasteiger partial charge in [0, 0.05) is 0 Å². The molecule has 0 radical (unpaired) electrons. The van der Waals surface area contributed by atoms with Gasteiger partial charge in [-0.3, -0.25) is 14.5 Å². The number of anilines is 1. The first-order valence-electron chi connectivity index (χ1n) is 8.68. The lowest BCUT2D eigenvalue weighted by atomic mass is 10.2. The van der Waals surface area contributed by atoms with Crippen LogP contribution in [0.15, 0.2) is 71.4 Å². The maximum atomic E-state index is 13.0. The summed E-state index contributed by atoms with van der Waals surface area (Å²) in [5.41, 5.74) is 1.94. The summed E-state index contributed by atoms with van der Waals surface area (Å²) in [6.45, 7) is 3.83. The number of hydrogen-bond donors (Lipinski definition) is 0. The summed E-state index contributed by atoms with van der Waals surface area (Å²) in [5.74, 6) is -0.547. The van der Waals surface area contributed by atoms with Gasteiger partial charge in [-0.2, -0.15) is 0 Å². The Kier molecular flexibility index (Phi) is 6.08. The minimum atomic E-state index is -0.473. The quantitative estimate of drug-likeness (QED) is 0.578. The van der Waals surface area contributed by atoms with E-state index >= 15 is 0 Å². The number of ether oxygens (including phenoxy) is 1. The SMILES string of the molecule is CCOC(=O)[C@H](C)SC1=N/C(=C/c2ccccc2)C(=O)N1c1ccccc1. The normalized spacial score (nSPS) is 16.4. The Morgan fingerprint density at radius 3 is 2.41 bits per heavy atom. The van der Waals surface area contributed by atoms with Gasteiger partial charge in [0.1, 0.15) is 10.9 Å². The molecule has 138 valence electrons. The zero-order valence-electron chi connectivity index (χ0n) is 15.2. The molecule has 0 bridgehead atoms. The summed E-state index contributed by atoms with van der Waals surface area (Å²) < 4.78 is 5.07. The van der Waals surface area contributed by atoms with Crippen molar-refractivity contribution in [2.45, 2.75) is 19.1 Å². The summed E-state index contributed by atoms with van der Waals surface area (Å²) in [4.78, 5) is 31.1. The number of nitrogens with zero attached hydrogens (tertiary/aromatic N) is 2. The Bertz CT molecular complexity index is 879. The molecule has 1 amide bonds. The molecule has 1 aliphatic rings. The van der Waals surface area contributed by atoms with E-state index in [9.17, 15) is 9.59 Å². The van der Waals surface area contributed by atoms with Crippen LogP contribution in [-0.4, -0.2) is 28.9 Å². The summed E-state index contributed by atoms with van der Waals surface area (Å²) in [5, 5.41) is -0.00674. The molecule has 0 unspecified atom stereocenters. The van der Waals surface area contributed by atoms with Crippen LogP contribution in [0.2, 0.25) is 0 Å². The molecule has 0 aromatic heterocycles. The van der Waals surface area contributed by atoms with E-state index in [0.717, 1.165) is 5.56 Å². The smallest absolute Gasteiger partial charge is 0.319 e. The van der Waals surface area contributed by atoms with Crippen molar-refractivity contribution in [3.8, 4) is 0 Å². The average Bonchev–Trinajstić information content (AvgIpc) is 2.98. The first-order valence-corrected chi connectivity index (χ1v) is 9.56. The molecular formula is C21H20N2O3S. The van der Waals surface area contributed by atoms with Gasteiger partial charge in [0.25, 0.3) is 5.91 Å². The third-order valence-corrected chi connectivity index (χ3v) is 4.88. The highest BCUT2D eigenvalue weighted by atomic mass is 32.2. The highest BCUT2D eigenvalue weighted by Crippen LogP contribution is 2.31. The van der Waals surface area contributed by atoms with E-state index in [2.05, 4.69) is 4.99 Å². The van der Waals surface area contributed by atoms with Crippen LogP contribution >= 0.6 is 11.8 Å². The molecule has 1 heterocycles. The number of amidine groups is 1. The minimum absolute atomic E-state index is 0.219. The van der Waals surface area contributed by atoms with Gasteiger partial charge in [-0.15, -0.1) is 0 Å². The molecule has 0 saturated heterocycles. The molecule has 2 aromatic rings. The van der Waals surface area contributed by atoms with Crippen LogP contribution in [0.5, 0.6) is 0 Å². The maximum Gasteiger partial charge on any atom is 0.319 e. The standard InChI is InChI=1S/C21H20N2O3S/c1-3-26-20(25)15(2)27-21-22-18(14-16-10-6-4-7-11-16)19(24)23(21)17-12-8-5-9-13-17/h4-15H,3H2,1-2H3/b18-14+/t15-/m0/s1. The van der Waals surface area contributed by atoms with Gasteiger partial charge in [0.15, 0.2) is 5.17 Å².